The van der Waals surface area contributed by atoms with E-state index in [1.54, 1.807) is 36.5 Å². The lowest BCUT2D eigenvalue weighted by molar-refractivity contribution is -0.117. The maximum absolute atomic E-state index is 14.2. The average Bonchev–Trinajstić information content (AvgIpc) is 3.55. The van der Waals surface area contributed by atoms with Gasteiger partial charge in [-0.2, -0.15) is 0 Å². The minimum absolute atomic E-state index is 0.107. The van der Waals surface area contributed by atoms with Crippen molar-refractivity contribution in [2.24, 2.45) is 11.8 Å². The monoisotopic (exact) mass is 352 g/mol. The summed E-state index contributed by atoms with van der Waals surface area (Å²) in [5, 5.41) is 3.12. The Labute approximate surface area is 152 Å². The summed E-state index contributed by atoms with van der Waals surface area (Å²) in [7, 11) is 0. The van der Waals surface area contributed by atoms with Gasteiger partial charge in [-0.1, -0.05) is 6.07 Å². The predicted octanol–water partition coefficient (Wildman–Crippen LogP) is 4.33. The summed E-state index contributed by atoms with van der Waals surface area (Å²) < 4.78 is 19.7. The average molecular weight is 352 g/mol. The summed E-state index contributed by atoms with van der Waals surface area (Å²) >= 11 is 0. The lowest BCUT2D eigenvalue weighted by Crippen LogP contribution is -2.37. The Bertz CT molecular complexity index is 802. The van der Waals surface area contributed by atoms with Gasteiger partial charge in [-0.3, -0.25) is 9.78 Å². The lowest BCUT2D eigenvalue weighted by Gasteiger charge is -2.16. The minimum atomic E-state index is -0.481. The molecule has 2 fully saturated rings. The van der Waals surface area contributed by atoms with E-state index in [-0.39, 0.29) is 11.7 Å². The summed E-state index contributed by atoms with van der Waals surface area (Å²) in [6.45, 7) is 0. The lowest BCUT2D eigenvalue weighted by atomic mass is 10.1. The number of benzene rings is 1. The second kappa shape index (κ2) is 7.28. The van der Waals surface area contributed by atoms with E-state index in [0.29, 0.717) is 29.2 Å². The summed E-state index contributed by atoms with van der Waals surface area (Å²) in [6.07, 6.45) is 11.1. The molecular formula is C21H21FN2O2. The number of amides is 1. The highest BCUT2D eigenvalue weighted by molar-refractivity contribution is 5.92. The fourth-order valence-electron chi connectivity index (χ4n) is 3.15. The summed E-state index contributed by atoms with van der Waals surface area (Å²) in [5.74, 6) is 1.32. The number of hydrogen-bond donors (Lipinski definition) is 1. The van der Waals surface area contributed by atoms with Gasteiger partial charge in [0.05, 0.1) is 6.20 Å². The van der Waals surface area contributed by atoms with Crippen LogP contribution < -0.4 is 10.1 Å². The molecule has 4 nitrogen and oxygen atoms in total. The van der Waals surface area contributed by atoms with Gasteiger partial charge in [0.15, 0.2) is 11.6 Å². The highest BCUT2D eigenvalue weighted by atomic mass is 19.1. The Balaban J connectivity index is 1.37. The number of hydrogen-bond acceptors (Lipinski definition) is 3. The van der Waals surface area contributed by atoms with Gasteiger partial charge in [-0.05, 0) is 73.4 Å². The van der Waals surface area contributed by atoms with E-state index in [1.165, 1.54) is 44.0 Å². The van der Waals surface area contributed by atoms with Crippen molar-refractivity contribution in [2.45, 2.75) is 31.7 Å². The van der Waals surface area contributed by atoms with Gasteiger partial charge in [0.2, 0.25) is 5.91 Å². The maximum Gasteiger partial charge on any atom is 0.244 e. The fourth-order valence-corrected chi connectivity index (χ4v) is 3.15. The first-order valence-electron chi connectivity index (χ1n) is 9.05. The van der Waals surface area contributed by atoms with Gasteiger partial charge in [0, 0.05) is 18.3 Å². The first-order chi connectivity index (χ1) is 12.7. The summed E-state index contributed by atoms with van der Waals surface area (Å²) in [5.41, 5.74) is 0.616. The van der Waals surface area contributed by atoms with E-state index >= 15 is 0 Å². The van der Waals surface area contributed by atoms with Gasteiger partial charge in [-0.15, -0.1) is 0 Å². The zero-order valence-electron chi connectivity index (χ0n) is 14.4. The Morgan fingerprint density at radius 1 is 1.23 bits per heavy atom. The zero-order valence-corrected chi connectivity index (χ0v) is 14.4. The van der Waals surface area contributed by atoms with Crippen molar-refractivity contribution >= 4 is 12.0 Å². The Kier molecular flexibility index (Phi) is 4.69. The number of halogens is 1. The molecule has 0 unspecified atom stereocenters. The molecule has 1 aromatic heterocycles. The van der Waals surface area contributed by atoms with E-state index in [1.807, 2.05) is 0 Å². The third kappa shape index (κ3) is 4.28. The second-order valence-electron chi connectivity index (χ2n) is 7.02. The van der Waals surface area contributed by atoms with Crippen molar-refractivity contribution in [1.82, 2.24) is 10.3 Å². The molecule has 1 N–H and O–H groups in total. The highest BCUT2D eigenvalue weighted by Gasteiger charge is 2.41. The Morgan fingerprint density at radius 3 is 2.62 bits per heavy atom. The highest BCUT2D eigenvalue weighted by Crippen LogP contribution is 2.44. The number of rotatable bonds is 7. The molecule has 0 spiro atoms. The molecule has 134 valence electrons. The van der Waals surface area contributed by atoms with Crippen LogP contribution in [-0.2, 0) is 4.79 Å². The van der Waals surface area contributed by atoms with Crippen LogP contribution in [0.5, 0.6) is 11.5 Å². The number of nitrogens with one attached hydrogen (secondary N) is 1. The molecule has 2 aliphatic rings. The Morgan fingerprint density at radius 2 is 2.00 bits per heavy atom. The van der Waals surface area contributed by atoms with Crippen molar-refractivity contribution in [3.63, 3.8) is 0 Å². The van der Waals surface area contributed by atoms with Gasteiger partial charge in [-0.25, -0.2) is 4.39 Å². The number of ether oxygens (including phenoxy) is 1. The van der Waals surface area contributed by atoms with Crippen molar-refractivity contribution in [1.29, 1.82) is 0 Å². The molecule has 5 heteroatoms. The van der Waals surface area contributed by atoms with Crippen LogP contribution in [0.1, 0.15) is 31.2 Å². The van der Waals surface area contributed by atoms with Crippen LogP contribution in [0.3, 0.4) is 0 Å². The standard InChI is InChI=1S/C21H21FN2O2/c22-18-12-14(3-9-19(18)26-17-2-1-11-23-13-17)4-10-20(25)24-21(15-5-6-15)16-7-8-16/h1-4,9-13,15-16,21H,5-8H2,(H,24,25)/b10-4+. The summed E-state index contributed by atoms with van der Waals surface area (Å²) in [6, 6.07) is 8.38. The van der Waals surface area contributed by atoms with Crippen molar-refractivity contribution in [2.75, 3.05) is 0 Å². The third-order valence-electron chi connectivity index (χ3n) is 4.81. The second-order valence-corrected chi connectivity index (χ2v) is 7.02. The van der Waals surface area contributed by atoms with E-state index in [2.05, 4.69) is 10.3 Å². The molecule has 2 saturated carbocycles. The molecular weight excluding hydrogens is 331 g/mol. The van der Waals surface area contributed by atoms with Crippen molar-refractivity contribution in [3.8, 4) is 11.5 Å². The molecule has 1 aromatic carbocycles. The van der Waals surface area contributed by atoms with Crippen LogP contribution >= 0.6 is 0 Å². The van der Waals surface area contributed by atoms with Gasteiger partial charge in [0.25, 0.3) is 0 Å². The SMILES string of the molecule is O=C(/C=C/c1ccc(Oc2cccnc2)c(F)c1)NC(C1CC1)C1CC1. The molecule has 2 aromatic rings. The summed E-state index contributed by atoms with van der Waals surface area (Å²) in [4.78, 5) is 16.1. The molecule has 1 heterocycles. The number of aromatic nitrogens is 1. The Hall–Kier alpha value is -2.69. The number of carbonyl (C=O) groups excluding carboxylic acids is 1. The molecule has 26 heavy (non-hydrogen) atoms. The number of pyridine rings is 1. The largest absolute Gasteiger partial charge is 0.453 e. The molecule has 0 bridgehead atoms. The van der Waals surface area contributed by atoms with Crippen LogP contribution in [0.15, 0.2) is 48.8 Å². The topological polar surface area (TPSA) is 51.2 Å². The van der Waals surface area contributed by atoms with Crippen molar-refractivity contribution < 1.29 is 13.9 Å². The molecule has 1 amide bonds. The first kappa shape index (κ1) is 16.8. The van der Waals surface area contributed by atoms with E-state index in [9.17, 15) is 9.18 Å². The number of carbonyl (C=O) groups is 1. The fraction of sp³-hybridized carbons (Fsp3) is 0.333. The molecule has 4 rings (SSSR count). The van der Waals surface area contributed by atoms with E-state index < -0.39 is 5.82 Å². The third-order valence-corrected chi connectivity index (χ3v) is 4.81. The molecule has 0 radical (unpaired) electrons. The van der Waals surface area contributed by atoms with E-state index in [0.717, 1.165) is 0 Å². The van der Waals surface area contributed by atoms with Crippen LogP contribution in [0.25, 0.3) is 6.08 Å². The maximum atomic E-state index is 14.2. The van der Waals surface area contributed by atoms with Crippen LogP contribution in [0.2, 0.25) is 0 Å². The predicted molar refractivity (Wildman–Crippen MR) is 97.1 cm³/mol. The smallest absolute Gasteiger partial charge is 0.244 e. The van der Waals surface area contributed by atoms with Gasteiger partial charge in [0.1, 0.15) is 5.75 Å². The normalized spacial score (nSPS) is 16.8. The van der Waals surface area contributed by atoms with Crippen LogP contribution in [0, 0.1) is 17.7 Å². The molecule has 0 saturated heterocycles. The van der Waals surface area contributed by atoms with Gasteiger partial charge < -0.3 is 10.1 Å². The van der Waals surface area contributed by atoms with Crippen LogP contribution in [-0.4, -0.2) is 16.9 Å². The van der Waals surface area contributed by atoms with E-state index in [4.69, 9.17) is 4.74 Å². The molecule has 0 atom stereocenters. The first-order valence-corrected chi connectivity index (χ1v) is 9.05. The molecule has 0 aliphatic heterocycles. The number of nitrogens with zero attached hydrogens (tertiary/aromatic N) is 1. The minimum Gasteiger partial charge on any atom is -0.453 e. The van der Waals surface area contributed by atoms with Gasteiger partial charge >= 0.3 is 0 Å². The van der Waals surface area contributed by atoms with Crippen molar-refractivity contribution in [3.05, 3.63) is 60.2 Å². The van der Waals surface area contributed by atoms with Crippen LogP contribution in [0.4, 0.5) is 4.39 Å². The molecule has 2 aliphatic carbocycles. The zero-order chi connectivity index (χ0) is 17.9. The quantitative estimate of drug-likeness (QED) is 0.755.